The van der Waals surface area contributed by atoms with Gasteiger partial charge in [-0.1, -0.05) is 13.8 Å². The van der Waals surface area contributed by atoms with E-state index in [9.17, 15) is 8.42 Å². The average molecular weight is 259 g/mol. The third-order valence-electron chi connectivity index (χ3n) is 2.52. The normalized spacial score (nSPS) is 12.6. The summed E-state index contributed by atoms with van der Waals surface area (Å²) in [6.45, 7) is 5.32. The van der Waals surface area contributed by atoms with Crippen LogP contribution < -0.4 is 0 Å². The Kier molecular flexibility index (Phi) is 4.77. The molecule has 4 nitrogen and oxygen atoms in total. The lowest BCUT2D eigenvalue weighted by Gasteiger charge is -2.14. The monoisotopic (exact) mass is 259 g/mol. The fourth-order valence-corrected chi connectivity index (χ4v) is 2.10. The average Bonchev–Trinajstić information content (AvgIpc) is 2.62. The van der Waals surface area contributed by atoms with Crippen molar-refractivity contribution in [3.63, 3.8) is 0 Å². The minimum absolute atomic E-state index is 0.182. The van der Waals surface area contributed by atoms with Crippen molar-refractivity contribution in [3.05, 3.63) is 23.7 Å². The minimum atomic E-state index is -2.89. The Morgan fingerprint density at radius 1 is 1.35 bits per heavy atom. The number of furan rings is 1. The molecule has 5 heteroatoms. The molecule has 17 heavy (non-hydrogen) atoms. The molecule has 0 N–H and O–H groups in total. The molecule has 0 spiro atoms. The summed E-state index contributed by atoms with van der Waals surface area (Å²) in [4.78, 5) is 1.95. The summed E-state index contributed by atoms with van der Waals surface area (Å²) in [5.74, 6) is 2.41. The van der Waals surface area contributed by atoms with Gasteiger partial charge in [0, 0.05) is 18.7 Å². The molecule has 0 aromatic carbocycles. The van der Waals surface area contributed by atoms with Crippen molar-refractivity contribution in [1.82, 2.24) is 4.90 Å². The molecule has 1 aromatic heterocycles. The van der Waals surface area contributed by atoms with Gasteiger partial charge in [-0.05, 0) is 19.2 Å². The van der Waals surface area contributed by atoms with Crippen LogP contribution in [0.15, 0.2) is 16.5 Å². The summed E-state index contributed by atoms with van der Waals surface area (Å²) < 4.78 is 27.7. The first kappa shape index (κ1) is 14.3. The quantitative estimate of drug-likeness (QED) is 0.782. The summed E-state index contributed by atoms with van der Waals surface area (Å²) in [6, 6.07) is 3.93. The van der Waals surface area contributed by atoms with Crippen molar-refractivity contribution in [2.45, 2.75) is 26.3 Å². The van der Waals surface area contributed by atoms with Crippen LogP contribution in [0.25, 0.3) is 0 Å². The topological polar surface area (TPSA) is 50.5 Å². The van der Waals surface area contributed by atoms with Crippen LogP contribution in [0.3, 0.4) is 0 Å². The summed E-state index contributed by atoms with van der Waals surface area (Å²) >= 11 is 0. The van der Waals surface area contributed by atoms with Crippen LogP contribution in [-0.4, -0.2) is 38.9 Å². The largest absolute Gasteiger partial charge is 0.464 e. The molecule has 0 aliphatic rings. The van der Waals surface area contributed by atoms with Crippen molar-refractivity contribution in [1.29, 1.82) is 0 Å². The van der Waals surface area contributed by atoms with E-state index in [0.29, 0.717) is 19.0 Å². The SMILES string of the molecule is CC(C)c1ccc(CN(C)CCS(C)(=O)=O)o1. The Morgan fingerprint density at radius 2 is 2.00 bits per heavy atom. The second-order valence-electron chi connectivity index (χ2n) is 4.83. The maximum Gasteiger partial charge on any atom is 0.148 e. The number of sulfone groups is 1. The van der Waals surface area contributed by atoms with E-state index >= 15 is 0 Å². The lowest BCUT2D eigenvalue weighted by molar-refractivity contribution is 0.302. The van der Waals surface area contributed by atoms with E-state index < -0.39 is 9.84 Å². The molecular formula is C12H21NO3S. The molecule has 0 bridgehead atoms. The molecule has 1 heterocycles. The molecule has 0 saturated carbocycles. The highest BCUT2D eigenvalue weighted by molar-refractivity contribution is 7.90. The third-order valence-corrected chi connectivity index (χ3v) is 3.45. The Hall–Kier alpha value is -0.810. The first-order valence-electron chi connectivity index (χ1n) is 5.73. The van der Waals surface area contributed by atoms with Crippen molar-refractivity contribution in [3.8, 4) is 0 Å². The highest BCUT2D eigenvalue weighted by atomic mass is 32.2. The van der Waals surface area contributed by atoms with Crippen LogP contribution >= 0.6 is 0 Å². The van der Waals surface area contributed by atoms with Gasteiger partial charge in [0.25, 0.3) is 0 Å². The molecule has 0 fully saturated rings. The molecule has 0 atom stereocenters. The van der Waals surface area contributed by atoms with Gasteiger partial charge >= 0.3 is 0 Å². The zero-order valence-corrected chi connectivity index (χ0v) is 11.8. The van der Waals surface area contributed by atoms with E-state index in [2.05, 4.69) is 13.8 Å². The Balaban J connectivity index is 2.47. The predicted octanol–water partition coefficient (Wildman–Crippen LogP) is 1.88. The van der Waals surface area contributed by atoms with Gasteiger partial charge in [-0.25, -0.2) is 8.42 Å². The highest BCUT2D eigenvalue weighted by Crippen LogP contribution is 2.18. The fourth-order valence-electron chi connectivity index (χ4n) is 1.46. The van der Waals surface area contributed by atoms with Crippen LogP contribution in [0.2, 0.25) is 0 Å². The lowest BCUT2D eigenvalue weighted by Crippen LogP contribution is -2.24. The Labute approximate surface area is 104 Å². The number of rotatable bonds is 6. The van der Waals surface area contributed by atoms with Crippen LogP contribution in [-0.2, 0) is 16.4 Å². The van der Waals surface area contributed by atoms with E-state index in [1.807, 2.05) is 24.1 Å². The third kappa shape index (κ3) is 5.37. The van der Waals surface area contributed by atoms with Gasteiger partial charge in [0.15, 0.2) is 0 Å². The molecule has 98 valence electrons. The molecule has 0 amide bonds. The zero-order chi connectivity index (χ0) is 13.1. The molecule has 0 aliphatic carbocycles. The molecule has 1 aromatic rings. The lowest BCUT2D eigenvalue weighted by atomic mass is 10.2. The van der Waals surface area contributed by atoms with E-state index in [0.717, 1.165) is 11.5 Å². The number of hydrogen-bond acceptors (Lipinski definition) is 4. The second-order valence-corrected chi connectivity index (χ2v) is 7.09. The van der Waals surface area contributed by atoms with Crippen LogP contribution in [0.1, 0.15) is 31.3 Å². The van der Waals surface area contributed by atoms with Crippen molar-refractivity contribution < 1.29 is 12.8 Å². The minimum Gasteiger partial charge on any atom is -0.464 e. The van der Waals surface area contributed by atoms with Gasteiger partial charge in [-0.2, -0.15) is 0 Å². The first-order valence-corrected chi connectivity index (χ1v) is 7.79. The van der Waals surface area contributed by atoms with Crippen LogP contribution in [0.5, 0.6) is 0 Å². The molecular weight excluding hydrogens is 238 g/mol. The Morgan fingerprint density at radius 3 is 2.47 bits per heavy atom. The van der Waals surface area contributed by atoms with Crippen molar-refractivity contribution in [2.75, 3.05) is 25.6 Å². The van der Waals surface area contributed by atoms with Gasteiger partial charge < -0.3 is 4.42 Å². The summed E-state index contributed by atoms with van der Waals surface area (Å²) in [5, 5.41) is 0. The molecule has 0 radical (unpaired) electrons. The van der Waals surface area contributed by atoms with Gasteiger partial charge in [0.1, 0.15) is 21.4 Å². The zero-order valence-electron chi connectivity index (χ0n) is 10.9. The number of nitrogens with zero attached hydrogens (tertiary/aromatic N) is 1. The predicted molar refractivity (Wildman–Crippen MR) is 68.8 cm³/mol. The molecule has 0 saturated heterocycles. The second kappa shape index (κ2) is 5.69. The van der Waals surface area contributed by atoms with Gasteiger partial charge in [-0.15, -0.1) is 0 Å². The smallest absolute Gasteiger partial charge is 0.148 e. The van der Waals surface area contributed by atoms with Crippen LogP contribution in [0.4, 0.5) is 0 Å². The maximum atomic E-state index is 11.0. The van der Waals surface area contributed by atoms with Gasteiger partial charge in [-0.3, -0.25) is 4.90 Å². The van der Waals surface area contributed by atoms with E-state index in [-0.39, 0.29) is 5.75 Å². The summed E-state index contributed by atoms with van der Waals surface area (Å²) in [7, 11) is -1.00. The number of hydrogen-bond donors (Lipinski definition) is 0. The van der Waals surface area contributed by atoms with Crippen molar-refractivity contribution in [2.24, 2.45) is 0 Å². The molecule has 0 unspecified atom stereocenters. The summed E-state index contributed by atoms with van der Waals surface area (Å²) in [5.41, 5.74) is 0. The summed E-state index contributed by atoms with van der Waals surface area (Å²) in [6.07, 6.45) is 1.25. The fraction of sp³-hybridized carbons (Fsp3) is 0.667. The van der Waals surface area contributed by atoms with Gasteiger partial charge in [0.2, 0.25) is 0 Å². The molecule has 0 aliphatic heterocycles. The van der Waals surface area contributed by atoms with E-state index in [1.165, 1.54) is 6.26 Å². The van der Waals surface area contributed by atoms with E-state index in [1.54, 1.807) is 0 Å². The molecule has 1 rings (SSSR count). The van der Waals surface area contributed by atoms with Gasteiger partial charge in [0.05, 0.1) is 12.3 Å². The highest BCUT2D eigenvalue weighted by Gasteiger charge is 2.10. The van der Waals surface area contributed by atoms with E-state index in [4.69, 9.17) is 4.42 Å². The maximum absolute atomic E-state index is 11.0. The van der Waals surface area contributed by atoms with Crippen LogP contribution in [0, 0.1) is 0 Å². The van der Waals surface area contributed by atoms with Crippen molar-refractivity contribution >= 4 is 9.84 Å². The Bertz CT molecular complexity index is 448. The first-order chi connectivity index (χ1) is 7.78. The standard InChI is InChI=1S/C12H21NO3S/c1-10(2)12-6-5-11(16-12)9-13(3)7-8-17(4,14)15/h5-6,10H,7-9H2,1-4H3.